The Bertz CT molecular complexity index is 2340. The van der Waals surface area contributed by atoms with E-state index in [0.29, 0.717) is 16.4 Å². The molecule has 3 heterocycles. The fraction of sp³-hybridized carbons (Fsp3) is 0.218. The van der Waals surface area contributed by atoms with Crippen LogP contribution in [0.15, 0.2) is 158 Å². The van der Waals surface area contributed by atoms with Gasteiger partial charge < -0.3 is 29.0 Å². The van der Waals surface area contributed by atoms with Gasteiger partial charge in [-0.25, -0.2) is 22.5 Å². The average molecular weight is 935 g/mol. The Kier molecular flexibility index (Phi) is 26.3. The van der Waals surface area contributed by atoms with Crippen LogP contribution in [0.2, 0.25) is 5.02 Å². The Balaban J connectivity index is 0.000000303. The molecule has 5 aromatic carbocycles. The van der Waals surface area contributed by atoms with Crippen LogP contribution in [-0.4, -0.2) is 19.1 Å². The van der Waals surface area contributed by atoms with Gasteiger partial charge in [0.05, 0.1) is 11.4 Å². The largest absolute Gasteiger partial charge is 4.00 e. The molecular formula is C55H59ClF4N4Ti. The van der Waals surface area contributed by atoms with E-state index < -0.39 is 23.3 Å². The zero-order valence-corrected chi connectivity index (χ0v) is 40.1. The van der Waals surface area contributed by atoms with E-state index in [1.807, 2.05) is 98.8 Å². The van der Waals surface area contributed by atoms with E-state index in [1.54, 1.807) is 58.2 Å². The first-order valence-electron chi connectivity index (χ1n) is 21.3. The second-order valence-electron chi connectivity index (χ2n) is 14.2. The van der Waals surface area contributed by atoms with E-state index in [-0.39, 0.29) is 36.6 Å². The number of benzene rings is 5. The molecular weight excluding hydrogens is 876 g/mol. The molecule has 0 saturated heterocycles. The van der Waals surface area contributed by atoms with Gasteiger partial charge in [-0.2, -0.15) is 0 Å². The number of hydrogen-bond donors (Lipinski definition) is 1. The van der Waals surface area contributed by atoms with Crippen LogP contribution in [0.4, 0.5) is 17.6 Å². The maximum Gasteiger partial charge on any atom is 4.00 e. The molecule has 0 atom stereocenters. The van der Waals surface area contributed by atoms with Gasteiger partial charge in [0.1, 0.15) is 5.82 Å². The van der Waals surface area contributed by atoms with Crippen molar-refractivity contribution in [1.82, 2.24) is 19.1 Å². The van der Waals surface area contributed by atoms with Crippen molar-refractivity contribution in [2.75, 3.05) is 0 Å². The minimum atomic E-state index is -0.687. The van der Waals surface area contributed by atoms with E-state index >= 15 is 0 Å². The summed E-state index contributed by atoms with van der Waals surface area (Å²) in [7, 11) is 0. The molecule has 3 aromatic heterocycles. The topological polar surface area (TPSA) is 38.5 Å². The number of imidazole rings is 1. The van der Waals surface area contributed by atoms with Crippen molar-refractivity contribution in [3.05, 3.63) is 214 Å². The molecule has 2 aliphatic rings. The van der Waals surface area contributed by atoms with E-state index in [1.165, 1.54) is 88.5 Å². The first-order chi connectivity index (χ1) is 30.4. The van der Waals surface area contributed by atoms with Crippen molar-refractivity contribution in [1.29, 1.82) is 0 Å². The Labute approximate surface area is 404 Å². The molecule has 0 amide bonds. The van der Waals surface area contributed by atoms with Crippen molar-refractivity contribution in [3.63, 3.8) is 0 Å². The number of H-pyrrole nitrogens is 1. The predicted octanol–water partition coefficient (Wildman–Crippen LogP) is 17.0. The van der Waals surface area contributed by atoms with Crippen LogP contribution in [-0.2, 0) is 21.7 Å². The molecule has 4 nitrogen and oxygen atoms in total. The third kappa shape index (κ3) is 17.5. The summed E-state index contributed by atoms with van der Waals surface area (Å²) in [5.74, 6) is -1.90. The Morgan fingerprint density at radius 1 is 0.492 bits per heavy atom. The molecule has 2 saturated carbocycles. The van der Waals surface area contributed by atoms with Gasteiger partial charge in [-0.05, 0) is 66.5 Å². The van der Waals surface area contributed by atoms with Crippen LogP contribution in [0.25, 0.3) is 45.3 Å². The van der Waals surface area contributed by atoms with Gasteiger partial charge >= 0.3 is 21.7 Å². The van der Waals surface area contributed by atoms with Crippen molar-refractivity contribution >= 4 is 11.6 Å². The molecule has 0 unspecified atom stereocenters. The molecule has 0 bridgehead atoms. The fourth-order valence-electron chi connectivity index (χ4n) is 6.80. The zero-order valence-electron chi connectivity index (χ0n) is 37.8. The molecule has 8 aromatic rings. The molecule has 0 radical (unpaired) electrons. The van der Waals surface area contributed by atoms with Crippen molar-refractivity contribution < 1.29 is 39.3 Å². The summed E-state index contributed by atoms with van der Waals surface area (Å²) < 4.78 is 54.3. The summed E-state index contributed by atoms with van der Waals surface area (Å²) in [6.07, 6.45) is 21.7. The van der Waals surface area contributed by atoms with Crippen LogP contribution in [0.3, 0.4) is 0 Å². The smallest absolute Gasteiger partial charge is 0.375 e. The molecule has 338 valence electrons. The van der Waals surface area contributed by atoms with E-state index in [9.17, 15) is 17.6 Å². The second-order valence-corrected chi connectivity index (χ2v) is 14.7. The number of hydrogen-bond acceptors (Lipinski definition) is 1. The number of nitrogens with one attached hydrogen (secondary N) is 1. The molecule has 65 heavy (non-hydrogen) atoms. The first kappa shape index (κ1) is 55.7. The summed E-state index contributed by atoms with van der Waals surface area (Å²) >= 11 is 6.43. The van der Waals surface area contributed by atoms with E-state index in [4.69, 9.17) is 16.6 Å². The number of aromatic amines is 1. The quantitative estimate of drug-likeness (QED) is 0.104. The Morgan fingerprint density at radius 3 is 1.25 bits per heavy atom. The summed E-state index contributed by atoms with van der Waals surface area (Å²) in [6, 6.07) is 44.2. The maximum absolute atomic E-state index is 13.1. The molecule has 2 fully saturated rings. The second kappa shape index (κ2) is 30.7. The normalized spacial score (nSPS) is 11.9. The summed E-state index contributed by atoms with van der Waals surface area (Å²) in [5.41, 5.74) is 5.50. The Hall–Kier alpha value is -5.41. The predicted molar refractivity (Wildman–Crippen MR) is 259 cm³/mol. The number of rotatable bonds is 5. The van der Waals surface area contributed by atoms with Gasteiger partial charge in [-0.3, -0.25) is 0 Å². The molecule has 1 N–H and O–H groups in total. The number of nitrogens with zero attached hydrogens (tertiary/aromatic N) is 3. The number of halogens is 5. The minimum absolute atomic E-state index is 0. The van der Waals surface area contributed by atoms with Crippen LogP contribution < -0.4 is 0 Å². The van der Waals surface area contributed by atoms with Gasteiger partial charge in [0.15, 0.2) is 0 Å². The summed E-state index contributed by atoms with van der Waals surface area (Å²) in [4.78, 5) is 8.31. The fourth-order valence-corrected chi connectivity index (χ4v) is 7.03. The standard InChI is InChI=1S/C21H15ClN2.2C10H6F2N.2C5H10.C2H6.2CH3.Ti/c22-18-14-8-7-13-17(18)20-19(15-9-3-1-4-10-15)23-21(24-20)16-11-5-2-6-12-16;2*11-8-3-4-10(9(12)7-8)13-5-1-2-6-13;2*1-2-4-5-3-1;1-2;;;/h1-14H,(H,23,24);2*1-6H;2*1-5H2;1-2H3;2*1H3;/q;2*-1;;;;2*-1;+4. The van der Waals surface area contributed by atoms with Crippen LogP contribution in [0.1, 0.15) is 78.1 Å². The first-order valence-corrected chi connectivity index (χ1v) is 21.7. The van der Waals surface area contributed by atoms with E-state index in [2.05, 4.69) is 17.1 Å². The summed E-state index contributed by atoms with van der Waals surface area (Å²) in [5, 5.41) is 0.706. The van der Waals surface area contributed by atoms with Crippen molar-refractivity contribution in [3.8, 4) is 45.3 Å². The molecule has 0 spiro atoms. The van der Waals surface area contributed by atoms with Crippen LogP contribution in [0, 0.1) is 50.3 Å². The van der Waals surface area contributed by atoms with Crippen LogP contribution >= 0.6 is 11.6 Å². The molecule has 10 rings (SSSR count). The monoisotopic (exact) mass is 934 g/mol. The SMILES string of the molecule is C1CCCC1.C1CCCC1.CC.Clc1ccccc1-c1[nH]c(-c2ccccc2)nc1-c1ccccc1.Fc1[c-]c(F)c(-n2cccc2)cc1.Fc1[c-]c(F)c(-n2cccc2)cc1.[CH3-].[CH3-].[Ti+4]. The number of aromatic nitrogens is 4. The zero-order chi connectivity index (χ0) is 43.9. The molecule has 2 aliphatic carbocycles. The van der Waals surface area contributed by atoms with Gasteiger partial charge in [-0.1, -0.05) is 169 Å². The molecule has 0 aliphatic heterocycles. The van der Waals surface area contributed by atoms with Gasteiger partial charge in [-0.15, -0.1) is 36.4 Å². The third-order valence-electron chi connectivity index (χ3n) is 9.89. The maximum atomic E-state index is 13.1. The van der Waals surface area contributed by atoms with Crippen LogP contribution in [0.5, 0.6) is 0 Å². The van der Waals surface area contributed by atoms with Gasteiger partial charge in [0, 0.05) is 45.0 Å². The Morgan fingerprint density at radius 2 is 0.862 bits per heavy atom. The van der Waals surface area contributed by atoms with Crippen molar-refractivity contribution in [2.24, 2.45) is 0 Å². The van der Waals surface area contributed by atoms with Crippen molar-refractivity contribution in [2.45, 2.75) is 78.1 Å². The minimum Gasteiger partial charge on any atom is -0.375 e. The molecule has 10 heteroatoms. The summed E-state index contributed by atoms with van der Waals surface area (Å²) in [6.45, 7) is 4.00. The van der Waals surface area contributed by atoms with Gasteiger partial charge in [0.2, 0.25) is 0 Å². The van der Waals surface area contributed by atoms with E-state index in [0.717, 1.165) is 33.9 Å². The average Bonchev–Trinajstić information content (AvgIpc) is 4.17. The third-order valence-corrected chi connectivity index (χ3v) is 10.2. The van der Waals surface area contributed by atoms with Gasteiger partial charge in [0.25, 0.3) is 0 Å².